The molecule has 2 aliphatic rings. The third-order valence-electron chi connectivity index (χ3n) is 5.03. The quantitative estimate of drug-likeness (QED) is 0.563. The van der Waals surface area contributed by atoms with E-state index < -0.39 is 18.1 Å². The number of nitrogens with zero attached hydrogens (tertiary/aromatic N) is 1. The molecule has 7 heteroatoms. The predicted molar refractivity (Wildman–Crippen MR) is 121 cm³/mol. The number of esters is 1. The molecule has 2 aliphatic heterocycles. The van der Waals surface area contributed by atoms with E-state index in [2.05, 4.69) is 0 Å². The Morgan fingerprint density at radius 2 is 1.70 bits per heavy atom. The molecular formula is C23H23ClN2O3S. The van der Waals surface area contributed by atoms with Gasteiger partial charge in [0, 0.05) is 5.75 Å². The van der Waals surface area contributed by atoms with Gasteiger partial charge in [0.2, 0.25) is 5.91 Å². The van der Waals surface area contributed by atoms with Crippen LogP contribution in [0.3, 0.4) is 0 Å². The largest absolute Gasteiger partial charge is 0.448 e. The van der Waals surface area contributed by atoms with Gasteiger partial charge in [-0.05, 0) is 23.6 Å². The highest BCUT2D eigenvalue weighted by atomic mass is 35.5. The van der Waals surface area contributed by atoms with E-state index >= 15 is 0 Å². The number of carbonyl (C=O) groups excluding carboxylic acids is 2. The summed E-state index contributed by atoms with van der Waals surface area (Å²) in [6.45, 7) is 1.88. The summed E-state index contributed by atoms with van der Waals surface area (Å²) in [5.74, 6) is -0.147. The molecule has 156 valence electrons. The van der Waals surface area contributed by atoms with Gasteiger partial charge in [0.15, 0.2) is 6.10 Å². The van der Waals surface area contributed by atoms with Gasteiger partial charge in [-0.25, -0.2) is 4.79 Å². The van der Waals surface area contributed by atoms with Gasteiger partial charge < -0.3 is 10.5 Å². The number of benzene rings is 2. The molecule has 1 saturated heterocycles. The fourth-order valence-electron chi connectivity index (χ4n) is 3.61. The van der Waals surface area contributed by atoms with Crippen molar-refractivity contribution in [1.29, 1.82) is 0 Å². The van der Waals surface area contributed by atoms with Crippen LogP contribution in [0.4, 0.5) is 0 Å². The van der Waals surface area contributed by atoms with Crippen LogP contribution in [-0.4, -0.2) is 33.9 Å². The number of thioether (sulfide) groups is 1. The van der Waals surface area contributed by atoms with E-state index in [1.165, 1.54) is 4.90 Å². The van der Waals surface area contributed by atoms with Crippen LogP contribution in [0.15, 0.2) is 84.1 Å². The highest BCUT2D eigenvalue weighted by Gasteiger charge is 2.52. The van der Waals surface area contributed by atoms with Crippen molar-refractivity contribution < 1.29 is 14.3 Å². The molecule has 0 aromatic heterocycles. The normalized spacial score (nSPS) is 20.6. The number of nitrogens with two attached hydrogens (primary N) is 1. The lowest BCUT2D eigenvalue weighted by atomic mass is 10.0. The number of halogens is 1. The van der Waals surface area contributed by atoms with Gasteiger partial charge >= 0.3 is 5.97 Å². The maximum Gasteiger partial charge on any atom is 0.356 e. The Hall–Kier alpha value is -2.54. The molecule has 0 saturated carbocycles. The zero-order valence-corrected chi connectivity index (χ0v) is 18.1. The number of allylic oxidation sites excluding steroid dienone is 2. The Labute approximate surface area is 186 Å². The lowest BCUT2D eigenvalue weighted by Crippen LogP contribution is -2.68. The van der Waals surface area contributed by atoms with Crippen molar-refractivity contribution in [3.05, 3.63) is 95.2 Å². The lowest BCUT2D eigenvalue weighted by molar-refractivity contribution is -0.153. The van der Waals surface area contributed by atoms with Gasteiger partial charge in [-0.3, -0.25) is 9.69 Å². The van der Waals surface area contributed by atoms with Crippen molar-refractivity contribution in [1.82, 2.24) is 4.90 Å². The molecule has 1 fully saturated rings. The summed E-state index contributed by atoms with van der Waals surface area (Å²) in [7, 11) is 0. The molecule has 0 spiro atoms. The van der Waals surface area contributed by atoms with Gasteiger partial charge in [-0.2, -0.15) is 0 Å². The third kappa shape index (κ3) is 4.03. The molecule has 0 radical (unpaired) electrons. The second kappa shape index (κ2) is 9.51. The molecule has 30 heavy (non-hydrogen) atoms. The fraction of sp³-hybridized carbons (Fsp3) is 0.217. The predicted octanol–water partition coefficient (Wildman–Crippen LogP) is 3.81. The van der Waals surface area contributed by atoms with Crippen molar-refractivity contribution >= 4 is 36.0 Å². The zero-order chi connectivity index (χ0) is 20.4. The number of carbonyl (C=O) groups is 2. The van der Waals surface area contributed by atoms with Crippen LogP contribution in [-0.2, 0) is 14.3 Å². The van der Waals surface area contributed by atoms with E-state index in [1.54, 1.807) is 11.8 Å². The highest BCUT2D eigenvalue weighted by molar-refractivity contribution is 8.00. The Balaban J connectivity index is 0.00000256. The topological polar surface area (TPSA) is 72.6 Å². The summed E-state index contributed by atoms with van der Waals surface area (Å²) < 4.78 is 6.00. The van der Waals surface area contributed by atoms with Crippen molar-refractivity contribution in [2.75, 3.05) is 5.75 Å². The van der Waals surface area contributed by atoms with Crippen LogP contribution in [0, 0.1) is 0 Å². The standard InChI is InChI=1S/C23H22N2O3S.ClH/c1-2-9-17-14-29-22-18(24)21(26)25(22)19(17)23(27)28-20(15-10-5-3-6-11-15)16-12-7-4-8-13-16;/h2-13,18,20,22H,14,24H2,1H3;1H/t18?,22-;/m1./s1. The zero-order valence-electron chi connectivity index (χ0n) is 16.4. The van der Waals surface area contributed by atoms with E-state index in [-0.39, 0.29) is 23.7 Å². The highest BCUT2D eigenvalue weighted by Crippen LogP contribution is 2.41. The minimum absolute atomic E-state index is 0. The van der Waals surface area contributed by atoms with E-state index in [0.29, 0.717) is 11.4 Å². The van der Waals surface area contributed by atoms with Crippen LogP contribution in [0.2, 0.25) is 0 Å². The third-order valence-corrected chi connectivity index (χ3v) is 6.35. The summed E-state index contributed by atoms with van der Waals surface area (Å²) in [5.41, 5.74) is 8.75. The first-order chi connectivity index (χ1) is 14.1. The van der Waals surface area contributed by atoms with Gasteiger partial charge in [0.25, 0.3) is 0 Å². The van der Waals surface area contributed by atoms with Gasteiger partial charge in [-0.15, -0.1) is 24.2 Å². The van der Waals surface area contributed by atoms with E-state index in [4.69, 9.17) is 10.5 Å². The first kappa shape index (κ1) is 22.2. The molecule has 2 heterocycles. The monoisotopic (exact) mass is 442 g/mol. The summed E-state index contributed by atoms with van der Waals surface area (Å²) in [5, 5.41) is -0.217. The summed E-state index contributed by atoms with van der Waals surface area (Å²) in [6.07, 6.45) is 3.15. The molecule has 0 aliphatic carbocycles. The van der Waals surface area contributed by atoms with Crippen molar-refractivity contribution in [2.45, 2.75) is 24.4 Å². The number of hydrogen-bond donors (Lipinski definition) is 1. The number of rotatable bonds is 5. The van der Waals surface area contributed by atoms with Crippen LogP contribution >= 0.6 is 24.2 Å². The van der Waals surface area contributed by atoms with Crippen LogP contribution < -0.4 is 5.73 Å². The van der Waals surface area contributed by atoms with Gasteiger partial charge in [-0.1, -0.05) is 72.8 Å². The number of amides is 1. The first-order valence-corrected chi connectivity index (χ1v) is 10.5. The Kier molecular flexibility index (Phi) is 7.02. The summed E-state index contributed by atoms with van der Waals surface area (Å²) in [4.78, 5) is 27.2. The number of β-lactam (4-membered cyclic amide) rings is 1. The minimum atomic E-state index is -0.575. The molecular weight excluding hydrogens is 420 g/mol. The van der Waals surface area contributed by atoms with E-state index in [0.717, 1.165) is 16.7 Å². The maximum absolute atomic E-state index is 13.3. The first-order valence-electron chi connectivity index (χ1n) is 9.48. The van der Waals surface area contributed by atoms with E-state index in [9.17, 15) is 9.59 Å². The van der Waals surface area contributed by atoms with Gasteiger partial charge in [0.05, 0.1) is 0 Å². The van der Waals surface area contributed by atoms with Crippen LogP contribution in [0.1, 0.15) is 24.2 Å². The fourth-order valence-corrected chi connectivity index (χ4v) is 4.87. The lowest BCUT2D eigenvalue weighted by Gasteiger charge is -2.48. The smallest absolute Gasteiger partial charge is 0.356 e. The molecule has 2 N–H and O–H groups in total. The Bertz CT molecular complexity index is 939. The molecule has 2 aromatic rings. The molecule has 4 rings (SSSR count). The molecule has 5 nitrogen and oxygen atoms in total. The summed E-state index contributed by atoms with van der Waals surface area (Å²) >= 11 is 1.57. The Morgan fingerprint density at radius 3 is 2.23 bits per heavy atom. The molecule has 1 unspecified atom stereocenters. The number of fused-ring (bicyclic) bond motifs is 1. The average molecular weight is 443 g/mol. The molecule has 1 amide bonds. The Morgan fingerprint density at radius 1 is 1.13 bits per heavy atom. The summed E-state index contributed by atoms with van der Waals surface area (Å²) in [6, 6.07) is 18.6. The van der Waals surface area contributed by atoms with Crippen LogP contribution in [0.25, 0.3) is 0 Å². The van der Waals surface area contributed by atoms with Crippen molar-refractivity contribution in [2.24, 2.45) is 5.73 Å². The second-order valence-electron chi connectivity index (χ2n) is 6.92. The van der Waals surface area contributed by atoms with E-state index in [1.807, 2.05) is 79.7 Å². The van der Waals surface area contributed by atoms with Crippen molar-refractivity contribution in [3.63, 3.8) is 0 Å². The number of ether oxygens (including phenoxy) is 1. The SMILES string of the molecule is CC=CC1=C(C(=O)OC(c2ccccc2)c2ccccc2)N2C(=O)C(N)[C@H]2SC1.Cl. The minimum Gasteiger partial charge on any atom is -0.448 e. The van der Waals surface area contributed by atoms with Crippen LogP contribution in [0.5, 0.6) is 0 Å². The molecule has 2 atom stereocenters. The number of hydrogen-bond acceptors (Lipinski definition) is 5. The molecule has 0 bridgehead atoms. The second-order valence-corrected chi connectivity index (χ2v) is 8.02. The molecule has 2 aromatic carbocycles. The average Bonchev–Trinajstić information content (AvgIpc) is 2.77. The maximum atomic E-state index is 13.3. The van der Waals surface area contributed by atoms with Gasteiger partial charge in [0.1, 0.15) is 17.1 Å². The van der Waals surface area contributed by atoms with Crippen molar-refractivity contribution in [3.8, 4) is 0 Å².